The van der Waals surface area contributed by atoms with Crippen LogP contribution in [0.25, 0.3) is 32.9 Å². The molecule has 0 spiro atoms. The molecule has 2 aromatic carbocycles. The second kappa shape index (κ2) is 3.04. The van der Waals surface area contributed by atoms with Crippen LogP contribution in [-0.2, 0) is 0 Å². The monoisotopic (exact) mass is 220 g/mol. The number of aromatic nitrogens is 2. The molecule has 0 saturated heterocycles. The van der Waals surface area contributed by atoms with E-state index < -0.39 is 0 Å². The molecule has 0 aliphatic heterocycles. The number of hydrogen-bond donors (Lipinski definition) is 0. The smallest absolute Gasteiger partial charge is 0.182 e. The lowest BCUT2D eigenvalue weighted by Gasteiger charge is -2.01. The van der Waals surface area contributed by atoms with E-state index in [2.05, 4.69) is 22.1 Å². The zero-order valence-corrected chi connectivity index (χ0v) is 8.92. The lowest BCUT2D eigenvalue weighted by molar-refractivity contribution is 0.605. The first-order valence-electron chi connectivity index (χ1n) is 5.43. The van der Waals surface area contributed by atoms with Crippen LogP contribution in [0.4, 0.5) is 0 Å². The predicted molar refractivity (Wildman–Crippen MR) is 66.8 cm³/mol. The number of pyridine rings is 1. The normalized spacial score (nSPS) is 11.5. The molecule has 4 aromatic rings. The van der Waals surface area contributed by atoms with Gasteiger partial charge < -0.3 is 4.42 Å². The van der Waals surface area contributed by atoms with E-state index in [9.17, 15) is 0 Å². The highest BCUT2D eigenvalue weighted by molar-refractivity contribution is 6.05. The molecule has 0 fully saturated rings. The van der Waals surface area contributed by atoms with Gasteiger partial charge in [0.1, 0.15) is 5.52 Å². The van der Waals surface area contributed by atoms with Gasteiger partial charge in [0.2, 0.25) is 0 Å². The van der Waals surface area contributed by atoms with E-state index in [1.165, 1.54) is 6.39 Å². The maximum absolute atomic E-state index is 5.43. The second-order valence-electron chi connectivity index (χ2n) is 4.01. The summed E-state index contributed by atoms with van der Waals surface area (Å²) in [6, 6.07) is 14.1. The quantitative estimate of drug-likeness (QED) is 0.425. The van der Waals surface area contributed by atoms with Crippen LogP contribution in [0.2, 0.25) is 0 Å². The summed E-state index contributed by atoms with van der Waals surface area (Å²) in [6.07, 6.45) is 1.47. The van der Waals surface area contributed by atoms with Gasteiger partial charge in [-0.05, 0) is 24.3 Å². The van der Waals surface area contributed by atoms with E-state index in [4.69, 9.17) is 4.42 Å². The van der Waals surface area contributed by atoms with Crippen molar-refractivity contribution in [3.63, 3.8) is 0 Å². The Hall–Kier alpha value is -2.42. The highest BCUT2D eigenvalue weighted by Gasteiger charge is 2.06. The van der Waals surface area contributed by atoms with Crippen molar-refractivity contribution in [3.8, 4) is 0 Å². The molecule has 0 amide bonds. The lowest BCUT2D eigenvalue weighted by Crippen LogP contribution is -1.82. The molecule has 2 heterocycles. The van der Waals surface area contributed by atoms with Crippen LogP contribution in [0.15, 0.2) is 53.3 Å². The molecular weight excluding hydrogens is 212 g/mol. The molecule has 0 aliphatic carbocycles. The first kappa shape index (κ1) is 8.70. The summed E-state index contributed by atoms with van der Waals surface area (Å²) >= 11 is 0. The summed E-state index contributed by atoms with van der Waals surface area (Å²) in [5.74, 6) is 0. The summed E-state index contributed by atoms with van der Waals surface area (Å²) < 4.78 is 5.43. The van der Waals surface area contributed by atoms with Crippen molar-refractivity contribution in [1.82, 2.24) is 9.97 Å². The minimum Gasteiger partial charge on any atom is -0.443 e. The highest BCUT2D eigenvalue weighted by atomic mass is 16.3. The van der Waals surface area contributed by atoms with Crippen molar-refractivity contribution in [3.05, 3.63) is 48.9 Å². The van der Waals surface area contributed by atoms with Gasteiger partial charge in [0.05, 0.1) is 11.0 Å². The van der Waals surface area contributed by atoms with E-state index in [1.54, 1.807) is 0 Å². The molecule has 0 atom stereocenters. The maximum atomic E-state index is 5.43. The largest absolute Gasteiger partial charge is 0.443 e. The summed E-state index contributed by atoms with van der Waals surface area (Å²) in [7, 11) is 0. The highest BCUT2D eigenvalue weighted by Crippen LogP contribution is 2.26. The van der Waals surface area contributed by atoms with Gasteiger partial charge in [-0.2, -0.15) is 0 Å². The van der Waals surface area contributed by atoms with E-state index in [1.807, 2.05) is 30.3 Å². The fraction of sp³-hybridized carbons (Fsp3) is 0. The van der Waals surface area contributed by atoms with Gasteiger partial charge in [-0.3, -0.25) is 0 Å². The van der Waals surface area contributed by atoms with Crippen LogP contribution in [0.5, 0.6) is 0 Å². The number of nitrogens with zero attached hydrogens (tertiary/aromatic N) is 2. The standard InChI is InChI=1S/C14H8N2O/c1-2-4-11-9(3-1)7-10-12(16-11)5-6-13-14(10)17-8-15-13/h1-8H. The maximum Gasteiger partial charge on any atom is 0.182 e. The molecule has 0 unspecified atom stereocenters. The summed E-state index contributed by atoms with van der Waals surface area (Å²) in [5.41, 5.74) is 3.61. The zero-order valence-electron chi connectivity index (χ0n) is 8.92. The van der Waals surface area contributed by atoms with Gasteiger partial charge in [0.15, 0.2) is 12.0 Å². The van der Waals surface area contributed by atoms with Gasteiger partial charge in [-0.25, -0.2) is 9.97 Å². The minimum atomic E-state index is 0.806. The van der Waals surface area contributed by atoms with Gasteiger partial charge in [-0.1, -0.05) is 18.2 Å². The molecule has 0 saturated carbocycles. The number of fused-ring (bicyclic) bond motifs is 4. The van der Waals surface area contributed by atoms with Crippen LogP contribution in [0, 0.1) is 0 Å². The molecule has 2 aromatic heterocycles. The number of benzene rings is 2. The third-order valence-electron chi connectivity index (χ3n) is 2.99. The van der Waals surface area contributed by atoms with E-state index in [-0.39, 0.29) is 0 Å². The van der Waals surface area contributed by atoms with E-state index in [0.29, 0.717) is 0 Å². The van der Waals surface area contributed by atoms with Crippen LogP contribution in [-0.4, -0.2) is 9.97 Å². The van der Waals surface area contributed by atoms with Crippen molar-refractivity contribution in [1.29, 1.82) is 0 Å². The topological polar surface area (TPSA) is 38.9 Å². The van der Waals surface area contributed by atoms with Crippen LogP contribution in [0.3, 0.4) is 0 Å². The summed E-state index contributed by atoms with van der Waals surface area (Å²) in [5, 5.41) is 2.13. The summed E-state index contributed by atoms with van der Waals surface area (Å²) in [6.45, 7) is 0. The van der Waals surface area contributed by atoms with Gasteiger partial charge in [0.25, 0.3) is 0 Å². The Kier molecular flexibility index (Phi) is 1.56. The Bertz CT molecular complexity index is 848. The van der Waals surface area contributed by atoms with Crippen LogP contribution >= 0.6 is 0 Å². The SMILES string of the molecule is c1ccc2nc3ccc4ncoc4c3cc2c1. The second-order valence-corrected chi connectivity index (χ2v) is 4.01. The molecule has 17 heavy (non-hydrogen) atoms. The number of hydrogen-bond acceptors (Lipinski definition) is 3. The van der Waals surface area contributed by atoms with Crippen molar-refractivity contribution in [2.75, 3.05) is 0 Å². The van der Waals surface area contributed by atoms with Gasteiger partial charge >= 0.3 is 0 Å². The Morgan fingerprint density at radius 1 is 0.882 bits per heavy atom. The number of para-hydroxylation sites is 1. The lowest BCUT2D eigenvalue weighted by atomic mass is 10.1. The first-order chi connectivity index (χ1) is 8.42. The molecule has 80 valence electrons. The molecule has 0 N–H and O–H groups in total. The van der Waals surface area contributed by atoms with Crippen molar-refractivity contribution < 1.29 is 4.42 Å². The molecular formula is C14H8N2O. The number of rotatable bonds is 0. The molecule has 0 bridgehead atoms. The Balaban J connectivity index is 2.29. The third-order valence-corrected chi connectivity index (χ3v) is 2.99. The molecule has 3 heteroatoms. The minimum absolute atomic E-state index is 0.806. The fourth-order valence-electron chi connectivity index (χ4n) is 2.17. The van der Waals surface area contributed by atoms with E-state index in [0.717, 1.165) is 32.9 Å². The Morgan fingerprint density at radius 3 is 2.76 bits per heavy atom. The zero-order chi connectivity index (χ0) is 11.2. The molecule has 4 rings (SSSR count). The predicted octanol–water partition coefficient (Wildman–Crippen LogP) is 3.53. The van der Waals surface area contributed by atoms with E-state index >= 15 is 0 Å². The Morgan fingerprint density at radius 2 is 1.76 bits per heavy atom. The van der Waals surface area contributed by atoms with Crippen molar-refractivity contribution >= 4 is 32.9 Å². The first-order valence-corrected chi connectivity index (χ1v) is 5.43. The van der Waals surface area contributed by atoms with Crippen LogP contribution < -0.4 is 0 Å². The Labute approximate surface area is 96.7 Å². The molecule has 0 aliphatic rings. The number of oxazole rings is 1. The van der Waals surface area contributed by atoms with Crippen molar-refractivity contribution in [2.24, 2.45) is 0 Å². The van der Waals surface area contributed by atoms with Crippen LogP contribution in [0.1, 0.15) is 0 Å². The third kappa shape index (κ3) is 1.16. The molecule has 0 radical (unpaired) electrons. The van der Waals surface area contributed by atoms with Gasteiger partial charge in [-0.15, -0.1) is 0 Å². The fourth-order valence-corrected chi connectivity index (χ4v) is 2.17. The average Bonchev–Trinajstić information content (AvgIpc) is 2.85. The molecule has 3 nitrogen and oxygen atoms in total. The van der Waals surface area contributed by atoms with Crippen molar-refractivity contribution in [2.45, 2.75) is 0 Å². The average molecular weight is 220 g/mol. The summed E-state index contributed by atoms with van der Waals surface area (Å²) in [4.78, 5) is 8.77. The van der Waals surface area contributed by atoms with Gasteiger partial charge in [0, 0.05) is 10.8 Å².